The van der Waals surface area contributed by atoms with Gasteiger partial charge in [0.1, 0.15) is 41.2 Å². The molecule has 0 radical (unpaired) electrons. The van der Waals surface area contributed by atoms with Crippen LogP contribution in [0.4, 0.5) is 22.7 Å². The van der Waals surface area contributed by atoms with Crippen LogP contribution in [0.1, 0.15) is 242 Å². The smallest absolute Gasteiger partial charge is 0.306 e. The third-order valence-corrected chi connectivity index (χ3v) is 17.5. The Kier molecular flexibility index (Phi) is 66.5. The summed E-state index contributed by atoms with van der Waals surface area (Å²) in [5, 5.41) is 23.8. The summed E-state index contributed by atoms with van der Waals surface area (Å²) in [5.41, 5.74) is 9.72. The van der Waals surface area contributed by atoms with Crippen molar-refractivity contribution < 1.29 is 147 Å². The number of benzene rings is 4. The van der Waals surface area contributed by atoms with E-state index in [1.165, 1.54) is 41.0 Å². The van der Waals surface area contributed by atoms with Crippen LogP contribution in [0.3, 0.4) is 0 Å². The molecule has 0 saturated heterocycles. The normalized spacial score (nSPS) is 10.5. The third-order valence-electron chi connectivity index (χ3n) is 17.5. The Labute approximate surface area is 771 Å². The number of para-hydroxylation sites is 4. The molecule has 0 aliphatic rings. The molecule has 28 nitrogen and oxygen atoms in total. The number of anilines is 4. The number of rotatable bonds is 26. The Morgan fingerprint density at radius 1 is 0.311 bits per heavy atom. The van der Waals surface area contributed by atoms with Crippen molar-refractivity contribution in [1.29, 1.82) is 0 Å². The van der Waals surface area contributed by atoms with Crippen molar-refractivity contribution in [3.8, 4) is 22.8 Å². The minimum absolute atomic E-state index is 0. The molecular formula is C92H134N10O18U2. The third kappa shape index (κ3) is 38.6. The van der Waals surface area contributed by atoms with E-state index in [1.54, 1.807) is 66.8 Å². The second kappa shape index (κ2) is 68.5. The predicted molar refractivity (Wildman–Crippen MR) is 472 cm³/mol. The van der Waals surface area contributed by atoms with Crippen LogP contribution in [0.5, 0.6) is 0 Å². The maximum Gasteiger partial charge on any atom is 0.306 e. The molecule has 0 aliphatic carbocycles. The van der Waals surface area contributed by atoms with Gasteiger partial charge in [0.2, 0.25) is 23.6 Å². The van der Waals surface area contributed by atoms with Gasteiger partial charge in [0.05, 0.1) is 71.2 Å². The Morgan fingerprint density at radius 3 is 0.869 bits per heavy atom. The molecule has 122 heavy (non-hydrogen) atoms. The van der Waals surface area contributed by atoms with Crippen molar-refractivity contribution >= 4 is 70.3 Å². The Bertz CT molecular complexity index is 4140. The van der Waals surface area contributed by atoms with Gasteiger partial charge in [-0.2, -0.15) is 0 Å². The van der Waals surface area contributed by atoms with E-state index in [1.807, 2.05) is 267 Å². The summed E-state index contributed by atoms with van der Waals surface area (Å²) >= 11 is 0. The maximum absolute atomic E-state index is 12.8. The van der Waals surface area contributed by atoms with E-state index in [0.717, 1.165) is 39.6 Å². The standard InChI is InChI=1S/2C20H21N3O5.2C18H22N2O4.8C2H6.2U/c1-13-19(16-9-10-27-21-16)22-28-20(13)14(12-18(25)26-3)11-17(24)23(2)15-7-5-4-6-8-15;1-13-19(22-28-20(13)16-9-10-27-21-16)14(12-18(25)26-3)11-17(24)23(2)15-7-5-4-6-8-15;1-12-13(2)24-19-18(12)14(11-17(22)23-4)10-16(21)20(3)15-8-6-5-7-9-15;1-12-13(2)19-24-18(12)14(11-17(22)23-4)10-16(21)20(3)15-8-6-5-7-9-15;8*1-2;;/h2*4-10,14H,11-12H2,1-3H3;2*5-9,14H,10-11H2,1-4H3;8*1-2H3;;/t;;2*14-;;;;;;;;;;/m..00........../s1. The minimum atomic E-state index is -0.515. The zero-order valence-corrected chi connectivity index (χ0v) is 86.0. The van der Waals surface area contributed by atoms with Gasteiger partial charge >= 0.3 is 23.9 Å². The van der Waals surface area contributed by atoms with Crippen molar-refractivity contribution in [2.75, 3.05) is 76.2 Å². The van der Waals surface area contributed by atoms with E-state index >= 15 is 0 Å². The van der Waals surface area contributed by atoms with Gasteiger partial charge in [-0.15, -0.1) is 0 Å². The summed E-state index contributed by atoms with van der Waals surface area (Å²) < 4.78 is 50.3. The van der Waals surface area contributed by atoms with Gasteiger partial charge in [-0.3, -0.25) is 38.4 Å². The number of esters is 4. The van der Waals surface area contributed by atoms with Crippen LogP contribution in [-0.4, -0.2) is 135 Å². The molecule has 0 aliphatic heterocycles. The van der Waals surface area contributed by atoms with Gasteiger partial charge in [-0.1, -0.05) is 215 Å². The fourth-order valence-corrected chi connectivity index (χ4v) is 11.0. The number of ether oxygens (including phenoxy) is 4. The predicted octanol–water partition coefficient (Wildman–Crippen LogP) is 20.9. The van der Waals surface area contributed by atoms with Crippen molar-refractivity contribution in [2.45, 2.75) is 227 Å². The van der Waals surface area contributed by atoms with Crippen molar-refractivity contribution in [3.05, 3.63) is 203 Å². The molecule has 0 fully saturated rings. The number of hydrogen-bond acceptors (Lipinski definition) is 24. The van der Waals surface area contributed by atoms with Gasteiger partial charge in [0, 0.05) is 197 Å². The Balaban J connectivity index is -0.000000717. The first-order chi connectivity index (χ1) is 57.9. The number of carbonyl (C=O) groups excluding carboxylic acids is 8. The largest absolute Gasteiger partial charge is 0.469 e. The number of aryl methyl sites for hydroxylation is 2. The van der Waals surface area contributed by atoms with Crippen molar-refractivity contribution in [3.63, 3.8) is 0 Å². The van der Waals surface area contributed by atoms with Gasteiger partial charge in [-0.05, 0) is 90.1 Å². The molecule has 6 aromatic heterocycles. The van der Waals surface area contributed by atoms with Crippen LogP contribution < -0.4 is 19.6 Å². The van der Waals surface area contributed by atoms with Crippen molar-refractivity contribution in [2.24, 2.45) is 0 Å². The summed E-state index contributed by atoms with van der Waals surface area (Å²) in [4.78, 5) is 104. The second-order valence-electron chi connectivity index (χ2n) is 24.2. The molecule has 0 bridgehead atoms. The molecule has 4 amide bonds. The Hall–Kier alpha value is -10.00. The number of nitrogens with zero attached hydrogens (tertiary/aromatic N) is 10. The zero-order chi connectivity index (χ0) is 91.6. The number of hydrogen-bond donors (Lipinski definition) is 0. The molecule has 30 heteroatoms. The van der Waals surface area contributed by atoms with E-state index in [2.05, 4.69) is 30.9 Å². The first-order valence-electron chi connectivity index (χ1n) is 41.0. The Morgan fingerprint density at radius 2 is 0.590 bits per heavy atom. The topological polar surface area (TPSA) is 343 Å². The SMILES string of the molecule is CC.CC.CC.CC.CC.CC.CC.CC.COC(=O)CC(CC(=O)N(C)c1ccccc1)c1noc(-c2ccon2)c1C.COC(=O)CC(CC(=O)N(C)c1ccccc1)c1onc(-c2ccon2)c1C.COC(=O)C[C@H](CC(=O)N(C)c1ccccc1)c1noc(C)c1C.COC(=O)C[C@H](CC(=O)N(C)c1ccccc1)c1onc(C)c1C.[U].[U]. The fourth-order valence-electron chi connectivity index (χ4n) is 11.0. The minimum Gasteiger partial charge on any atom is -0.469 e. The molecule has 0 spiro atoms. The first kappa shape index (κ1) is 118. The van der Waals surface area contributed by atoms with Gasteiger partial charge < -0.3 is 65.7 Å². The number of aromatic nitrogens is 6. The summed E-state index contributed by atoms with van der Waals surface area (Å²) in [5.74, 6) is -1.77. The fraction of sp³-hybridized carbons (Fsp3) is 0.457. The molecule has 6 heterocycles. The van der Waals surface area contributed by atoms with Crippen molar-refractivity contribution in [1.82, 2.24) is 30.9 Å². The molecule has 10 rings (SSSR count). The summed E-state index contributed by atoms with van der Waals surface area (Å²) in [6.45, 7) is 43.0. The van der Waals surface area contributed by atoms with E-state index < -0.39 is 29.7 Å². The van der Waals surface area contributed by atoms with E-state index in [9.17, 15) is 38.4 Å². The molecule has 0 saturated carbocycles. The number of carbonyl (C=O) groups is 8. The quantitative estimate of drug-likeness (QED) is 0.0359. The molecule has 4 atom stereocenters. The van der Waals surface area contributed by atoms with E-state index in [-0.39, 0.29) is 155 Å². The second-order valence-corrected chi connectivity index (χ2v) is 24.2. The molecule has 4 aromatic carbocycles. The van der Waals surface area contributed by atoms with Crippen LogP contribution in [0.25, 0.3) is 22.8 Å². The molecular weight excluding hydrogens is 2010 g/mol. The van der Waals surface area contributed by atoms with Crippen LogP contribution in [0, 0.1) is 104 Å². The van der Waals surface area contributed by atoms with Gasteiger partial charge in [-0.25, -0.2) is 0 Å². The first-order valence-corrected chi connectivity index (χ1v) is 41.0. The average Bonchev–Trinajstić information content (AvgIpc) is 1.67. The zero-order valence-electron chi connectivity index (χ0n) is 77.6. The van der Waals surface area contributed by atoms with Gasteiger partial charge in [0.15, 0.2) is 11.5 Å². The summed E-state index contributed by atoms with van der Waals surface area (Å²) in [6, 6.07) is 40.6. The maximum atomic E-state index is 12.8. The number of amides is 4. The summed E-state index contributed by atoms with van der Waals surface area (Å²) in [6.07, 6.45) is 3.45. The van der Waals surface area contributed by atoms with E-state index in [4.69, 9.17) is 46.1 Å². The van der Waals surface area contributed by atoms with Crippen LogP contribution in [-0.2, 0) is 57.3 Å². The van der Waals surface area contributed by atoms with Crippen LogP contribution in [0.15, 0.2) is 173 Å². The van der Waals surface area contributed by atoms with Crippen LogP contribution >= 0.6 is 0 Å². The molecule has 2 unspecified atom stereocenters. The molecule has 10 aromatic rings. The molecule has 668 valence electrons. The average molecular weight is 2140 g/mol. The van der Waals surface area contributed by atoms with E-state index in [0.29, 0.717) is 62.6 Å². The van der Waals surface area contributed by atoms with Crippen LogP contribution in [0.2, 0.25) is 0 Å². The number of methoxy groups -OCH3 is 4. The van der Waals surface area contributed by atoms with Gasteiger partial charge in [0.25, 0.3) is 0 Å². The monoisotopic (exact) mass is 2140 g/mol. The summed E-state index contributed by atoms with van der Waals surface area (Å²) in [7, 11) is 12.1. The molecule has 0 N–H and O–H groups in total.